The van der Waals surface area contributed by atoms with Gasteiger partial charge in [-0.1, -0.05) is 6.07 Å². The molecule has 0 saturated carbocycles. The van der Waals surface area contributed by atoms with E-state index in [1.54, 1.807) is 6.07 Å². The van der Waals surface area contributed by atoms with E-state index in [1.807, 2.05) is 37.6 Å². The Kier molecular flexibility index (Phi) is 4.85. The van der Waals surface area contributed by atoms with Crippen LogP contribution >= 0.6 is 0 Å². The number of anilines is 1. The van der Waals surface area contributed by atoms with Gasteiger partial charge in [-0.25, -0.2) is 4.79 Å². The summed E-state index contributed by atoms with van der Waals surface area (Å²) < 4.78 is 1.97. The number of hydrogen-bond donors (Lipinski definition) is 2. The number of carbonyl (C=O) groups is 2. The molecular weight excluding hydrogens is 306 g/mol. The number of carboxylic acid groups (broad SMARTS) is 1. The van der Waals surface area contributed by atoms with Gasteiger partial charge in [0.25, 0.3) is 5.91 Å². The number of aromatic nitrogens is 1. The lowest BCUT2D eigenvalue weighted by Crippen LogP contribution is -2.14. The number of nitrogens with zero attached hydrogens (tertiary/aromatic N) is 2. The fourth-order valence-corrected chi connectivity index (χ4v) is 2.26. The van der Waals surface area contributed by atoms with Gasteiger partial charge in [-0.05, 0) is 49.8 Å². The number of aromatic carboxylic acids is 1. The Bertz CT molecular complexity index is 885. The van der Waals surface area contributed by atoms with Crippen molar-refractivity contribution in [3.63, 3.8) is 0 Å². The third-order valence-electron chi connectivity index (χ3n) is 3.85. The van der Waals surface area contributed by atoms with Crippen molar-refractivity contribution in [2.75, 3.05) is 5.32 Å². The quantitative estimate of drug-likeness (QED) is 0.668. The van der Waals surface area contributed by atoms with Gasteiger partial charge in [0.2, 0.25) is 0 Å². The minimum Gasteiger partial charge on any atom is -0.478 e. The van der Waals surface area contributed by atoms with Crippen molar-refractivity contribution in [3.8, 4) is 6.07 Å². The number of aryl methyl sites for hydroxylation is 1. The Morgan fingerprint density at radius 2 is 2.00 bits per heavy atom. The van der Waals surface area contributed by atoms with E-state index in [4.69, 9.17) is 5.11 Å². The van der Waals surface area contributed by atoms with E-state index in [0.29, 0.717) is 5.69 Å². The maximum atomic E-state index is 12.3. The van der Waals surface area contributed by atoms with Crippen LogP contribution in [0.1, 0.15) is 27.3 Å². The van der Waals surface area contributed by atoms with Crippen LogP contribution in [0, 0.1) is 25.2 Å². The molecule has 1 amide bonds. The Balaban J connectivity index is 2.28. The minimum atomic E-state index is -1.09. The highest BCUT2D eigenvalue weighted by Gasteiger charge is 2.13. The number of hydrogen-bond acceptors (Lipinski definition) is 3. The first-order valence-corrected chi connectivity index (χ1v) is 7.23. The van der Waals surface area contributed by atoms with Gasteiger partial charge in [0, 0.05) is 24.1 Å². The highest BCUT2D eigenvalue weighted by molar-refractivity contribution is 6.10. The van der Waals surface area contributed by atoms with Crippen LogP contribution in [0.15, 0.2) is 35.9 Å². The lowest BCUT2D eigenvalue weighted by molar-refractivity contribution is -0.112. The molecule has 24 heavy (non-hydrogen) atoms. The summed E-state index contributed by atoms with van der Waals surface area (Å²) in [6, 6.07) is 9.64. The minimum absolute atomic E-state index is 0.0515. The molecule has 6 heteroatoms. The van der Waals surface area contributed by atoms with Gasteiger partial charge in [0.15, 0.2) is 0 Å². The van der Waals surface area contributed by atoms with Crippen molar-refractivity contribution in [2.24, 2.45) is 7.05 Å². The van der Waals surface area contributed by atoms with Gasteiger partial charge in [-0.2, -0.15) is 5.26 Å². The highest BCUT2D eigenvalue weighted by atomic mass is 16.4. The predicted molar refractivity (Wildman–Crippen MR) is 90.5 cm³/mol. The molecule has 2 aromatic rings. The summed E-state index contributed by atoms with van der Waals surface area (Å²) in [7, 11) is 1.91. The van der Waals surface area contributed by atoms with E-state index >= 15 is 0 Å². The first-order chi connectivity index (χ1) is 11.3. The number of amides is 1. The van der Waals surface area contributed by atoms with Gasteiger partial charge < -0.3 is 15.0 Å². The summed E-state index contributed by atoms with van der Waals surface area (Å²) in [4.78, 5) is 23.2. The third-order valence-corrected chi connectivity index (χ3v) is 3.85. The van der Waals surface area contributed by atoms with Gasteiger partial charge in [-0.15, -0.1) is 0 Å². The van der Waals surface area contributed by atoms with Gasteiger partial charge in [0.1, 0.15) is 11.6 Å². The summed E-state index contributed by atoms with van der Waals surface area (Å²) in [6.07, 6.45) is 1.53. The predicted octanol–water partition coefficient (Wildman–Crippen LogP) is 2.89. The molecule has 0 unspecified atom stereocenters. The van der Waals surface area contributed by atoms with E-state index in [1.165, 1.54) is 24.3 Å². The van der Waals surface area contributed by atoms with Crippen LogP contribution in [-0.2, 0) is 11.8 Å². The summed E-state index contributed by atoms with van der Waals surface area (Å²) in [5.41, 5.74) is 3.09. The summed E-state index contributed by atoms with van der Waals surface area (Å²) in [6.45, 7) is 3.84. The van der Waals surface area contributed by atoms with Crippen LogP contribution in [0.4, 0.5) is 5.69 Å². The van der Waals surface area contributed by atoms with Crippen molar-refractivity contribution in [2.45, 2.75) is 13.8 Å². The third kappa shape index (κ3) is 3.52. The van der Waals surface area contributed by atoms with Crippen LogP contribution in [-0.4, -0.2) is 21.6 Å². The number of rotatable bonds is 4. The number of carboxylic acids is 1. The van der Waals surface area contributed by atoms with Crippen molar-refractivity contribution in [1.82, 2.24) is 4.57 Å². The van der Waals surface area contributed by atoms with Crippen LogP contribution in [0.25, 0.3) is 6.08 Å². The molecule has 0 fully saturated rings. The summed E-state index contributed by atoms with van der Waals surface area (Å²) >= 11 is 0. The maximum absolute atomic E-state index is 12.3. The fraction of sp³-hybridized carbons (Fsp3) is 0.167. The van der Waals surface area contributed by atoms with Crippen molar-refractivity contribution in [1.29, 1.82) is 5.26 Å². The second-order valence-corrected chi connectivity index (χ2v) is 5.40. The smallest absolute Gasteiger partial charge is 0.335 e. The monoisotopic (exact) mass is 323 g/mol. The standard InChI is InChI=1S/C18H17N3O3/c1-11-7-14(12(2)21(11)3)8-15(10-19)17(22)20-16-6-4-5-13(9-16)18(23)24/h4-9H,1-3H3,(H,20,22)(H,23,24). The van der Waals surface area contributed by atoms with Crippen LogP contribution < -0.4 is 5.32 Å². The van der Waals surface area contributed by atoms with Crippen molar-refractivity contribution in [3.05, 3.63) is 58.4 Å². The number of nitrogens with one attached hydrogen (secondary N) is 1. The molecule has 2 N–H and O–H groups in total. The summed E-state index contributed by atoms with van der Waals surface area (Å²) in [5.74, 6) is -1.67. The van der Waals surface area contributed by atoms with Gasteiger partial charge in [-0.3, -0.25) is 4.79 Å². The highest BCUT2D eigenvalue weighted by Crippen LogP contribution is 2.18. The molecule has 1 aromatic carbocycles. The molecule has 0 aliphatic carbocycles. The second-order valence-electron chi connectivity index (χ2n) is 5.40. The van der Waals surface area contributed by atoms with Crippen LogP contribution in [0.5, 0.6) is 0 Å². The largest absolute Gasteiger partial charge is 0.478 e. The van der Waals surface area contributed by atoms with Gasteiger partial charge >= 0.3 is 5.97 Å². The van der Waals surface area contributed by atoms with Crippen LogP contribution in [0.3, 0.4) is 0 Å². The van der Waals surface area contributed by atoms with E-state index < -0.39 is 11.9 Å². The Morgan fingerprint density at radius 3 is 2.54 bits per heavy atom. The van der Waals surface area contributed by atoms with Gasteiger partial charge in [0.05, 0.1) is 5.56 Å². The first-order valence-electron chi connectivity index (χ1n) is 7.23. The molecule has 0 atom stereocenters. The molecule has 0 aliphatic heterocycles. The van der Waals surface area contributed by atoms with E-state index in [2.05, 4.69) is 5.32 Å². The Morgan fingerprint density at radius 1 is 1.29 bits per heavy atom. The molecule has 0 aliphatic rings. The number of nitriles is 1. The molecule has 2 rings (SSSR count). The normalized spacial score (nSPS) is 11.0. The number of benzene rings is 1. The van der Waals surface area contributed by atoms with E-state index in [9.17, 15) is 14.9 Å². The molecule has 0 radical (unpaired) electrons. The second kappa shape index (κ2) is 6.84. The molecule has 0 bridgehead atoms. The lowest BCUT2D eigenvalue weighted by atomic mass is 10.1. The molecule has 1 heterocycles. The molecule has 122 valence electrons. The van der Waals surface area contributed by atoms with E-state index in [-0.39, 0.29) is 11.1 Å². The first kappa shape index (κ1) is 17.0. The zero-order valence-electron chi connectivity index (χ0n) is 13.6. The number of carbonyl (C=O) groups excluding carboxylic acids is 1. The zero-order chi connectivity index (χ0) is 17.9. The maximum Gasteiger partial charge on any atom is 0.335 e. The average molecular weight is 323 g/mol. The fourth-order valence-electron chi connectivity index (χ4n) is 2.26. The topological polar surface area (TPSA) is 95.1 Å². The van der Waals surface area contributed by atoms with E-state index in [0.717, 1.165) is 17.0 Å². The lowest BCUT2D eigenvalue weighted by Gasteiger charge is -2.05. The van der Waals surface area contributed by atoms with Crippen molar-refractivity contribution >= 4 is 23.6 Å². The summed E-state index contributed by atoms with van der Waals surface area (Å²) in [5, 5.41) is 20.8. The molecule has 0 spiro atoms. The zero-order valence-corrected chi connectivity index (χ0v) is 13.6. The molecular formula is C18H17N3O3. The SMILES string of the molecule is Cc1cc(C=C(C#N)C(=O)Nc2cccc(C(=O)O)c2)c(C)n1C. The molecule has 6 nitrogen and oxygen atoms in total. The van der Waals surface area contributed by atoms with Crippen LogP contribution in [0.2, 0.25) is 0 Å². The average Bonchev–Trinajstić information content (AvgIpc) is 2.79. The molecule has 1 aromatic heterocycles. The Labute approximate surface area is 139 Å². The molecule has 0 saturated heterocycles. The van der Waals surface area contributed by atoms with Crippen molar-refractivity contribution < 1.29 is 14.7 Å². The Hall–Kier alpha value is -3.33.